The molecule has 3 fully saturated rings. The normalized spacial score (nSPS) is 24.9. The van der Waals surface area contributed by atoms with Gasteiger partial charge in [-0.15, -0.1) is 0 Å². The highest BCUT2D eigenvalue weighted by Gasteiger charge is 2.68. The topological polar surface area (TPSA) is 75.6 Å². The lowest BCUT2D eigenvalue weighted by molar-refractivity contribution is -0.175. The maximum absolute atomic E-state index is 13.4. The Kier molecular flexibility index (Phi) is 5.51. The van der Waals surface area contributed by atoms with Crippen LogP contribution in [-0.2, 0) is 9.59 Å². The molecular weight excluding hydrogens is 432 g/mol. The van der Waals surface area contributed by atoms with Crippen LogP contribution in [0.5, 0.6) is 5.75 Å². The van der Waals surface area contributed by atoms with Gasteiger partial charge in [0.05, 0.1) is 5.02 Å². The van der Waals surface area contributed by atoms with Crippen LogP contribution in [-0.4, -0.2) is 28.9 Å². The lowest BCUT2D eigenvalue weighted by Gasteiger charge is -2.70. The Bertz CT molecular complexity index is 975. The summed E-state index contributed by atoms with van der Waals surface area (Å²) in [5.74, 6) is -0.916. The zero-order valence-corrected chi connectivity index (χ0v) is 17.5. The van der Waals surface area contributed by atoms with Crippen molar-refractivity contribution >= 4 is 34.9 Å². The number of amides is 1. The molecule has 2 aromatic rings. The van der Waals surface area contributed by atoms with Crippen LogP contribution in [0.1, 0.15) is 37.4 Å². The Morgan fingerprint density at radius 3 is 2.43 bits per heavy atom. The molecule has 2 N–H and O–H groups in total. The lowest BCUT2D eigenvalue weighted by atomic mass is 9.38. The van der Waals surface area contributed by atoms with Crippen molar-refractivity contribution in [3.63, 3.8) is 0 Å². The third-order valence-corrected chi connectivity index (χ3v) is 6.40. The van der Waals surface area contributed by atoms with E-state index in [4.69, 9.17) is 27.9 Å². The Labute approximate surface area is 183 Å². The third kappa shape index (κ3) is 4.17. The van der Waals surface area contributed by atoms with Crippen molar-refractivity contribution in [3.8, 4) is 5.75 Å². The number of benzene rings is 2. The van der Waals surface area contributed by atoms with Crippen molar-refractivity contribution in [1.82, 2.24) is 5.32 Å². The summed E-state index contributed by atoms with van der Waals surface area (Å²) in [5.41, 5.74) is 0.0598. The largest absolute Gasteiger partial charge is 0.484 e. The lowest BCUT2D eigenvalue weighted by Crippen LogP contribution is -2.75. The van der Waals surface area contributed by atoms with Crippen LogP contribution in [0.4, 0.5) is 4.39 Å². The molecule has 0 radical (unpaired) electrons. The predicted molar refractivity (Wildman–Crippen MR) is 110 cm³/mol. The number of carbonyl (C=O) groups excluding carboxylic acids is 2. The van der Waals surface area contributed by atoms with Crippen molar-refractivity contribution in [2.45, 2.75) is 37.3 Å². The number of rotatable bonds is 8. The Hall–Kier alpha value is -2.15. The predicted octanol–water partition coefficient (Wildman–Crippen LogP) is 4.24. The molecule has 5 nitrogen and oxygen atoms in total. The van der Waals surface area contributed by atoms with Crippen molar-refractivity contribution in [3.05, 3.63) is 63.9 Å². The summed E-state index contributed by atoms with van der Waals surface area (Å²) in [6.07, 6.45) is 1.19. The van der Waals surface area contributed by atoms with Crippen LogP contribution in [0.2, 0.25) is 10.0 Å². The zero-order chi connectivity index (χ0) is 21.5. The van der Waals surface area contributed by atoms with Gasteiger partial charge in [0.15, 0.2) is 12.4 Å². The molecule has 5 rings (SSSR count). The molecule has 1 atom stereocenters. The van der Waals surface area contributed by atoms with E-state index in [0.29, 0.717) is 29.8 Å². The molecule has 2 aromatic carbocycles. The number of nitrogens with one attached hydrogen (secondary N) is 1. The molecule has 0 heterocycles. The van der Waals surface area contributed by atoms with Gasteiger partial charge in [-0.25, -0.2) is 4.39 Å². The standard InChI is InChI=1S/C22H20Cl2FNO4/c23-14-3-1-13(2-4-14)20(29)18(27)8-21-10-22(11-21,12-21)26-19(28)9-30-15-5-6-16(24)17(25)7-15/h1-7,20,29H,8-12H2,(H,26,28)/t20-,21?,22?/m1/s1. The summed E-state index contributed by atoms with van der Waals surface area (Å²) in [6, 6.07) is 10.5. The Morgan fingerprint density at radius 2 is 1.80 bits per heavy atom. The number of Topliss-reactive ketones (excluding diaryl/α,β-unsaturated/α-hetero) is 1. The van der Waals surface area contributed by atoms with Gasteiger partial charge in [-0.2, -0.15) is 0 Å². The minimum absolute atomic E-state index is 0.0123. The monoisotopic (exact) mass is 451 g/mol. The van der Waals surface area contributed by atoms with E-state index in [1.807, 2.05) is 0 Å². The van der Waals surface area contributed by atoms with Gasteiger partial charge in [-0.1, -0.05) is 35.3 Å². The van der Waals surface area contributed by atoms with Crippen LogP contribution in [0.25, 0.3) is 0 Å². The second kappa shape index (κ2) is 7.84. The molecule has 3 aliphatic carbocycles. The van der Waals surface area contributed by atoms with E-state index in [9.17, 15) is 19.1 Å². The van der Waals surface area contributed by atoms with E-state index in [0.717, 1.165) is 6.07 Å². The van der Waals surface area contributed by atoms with Crippen LogP contribution < -0.4 is 10.1 Å². The number of aliphatic hydroxyl groups is 1. The average Bonchev–Trinajstić information content (AvgIpc) is 2.66. The summed E-state index contributed by atoms with van der Waals surface area (Å²) in [7, 11) is 0. The Balaban J connectivity index is 1.23. The molecule has 8 heteroatoms. The molecule has 0 spiro atoms. The average molecular weight is 452 g/mol. The van der Waals surface area contributed by atoms with Crippen molar-refractivity contribution in [1.29, 1.82) is 0 Å². The number of hydrogen-bond acceptors (Lipinski definition) is 4. The van der Waals surface area contributed by atoms with Gasteiger partial charge in [0.2, 0.25) is 0 Å². The van der Waals surface area contributed by atoms with Crippen LogP contribution >= 0.6 is 23.2 Å². The number of aliphatic hydroxyl groups excluding tert-OH is 1. The highest BCUT2D eigenvalue weighted by atomic mass is 35.5. The highest BCUT2D eigenvalue weighted by molar-refractivity contribution is 6.31. The summed E-state index contributed by atoms with van der Waals surface area (Å²) in [6.45, 7) is -0.232. The van der Waals surface area contributed by atoms with Gasteiger partial charge < -0.3 is 15.2 Å². The second-order valence-corrected chi connectivity index (χ2v) is 9.16. The number of hydrogen-bond donors (Lipinski definition) is 2. The van der Waals surface area contributed by atoms with E-state index < -0.39 is 11.9 Å². The SMILES string of the molecule is O=C(COc1ccc(Cl)c(F)c1)NC12CC(CC(=O)[C@H](O)c3ccc(Cl)cc3)(C1)C2. The first-order valence-electron chi connectivity index (χ1n) is 9.54. The fourth-order valence-corrected chi connectivity index (χ4v) is 4.91. The first-order chi connectivity index (χ1) is 14.2. The van der Waals surface area contributed by atoms with E-state index in [1.54, 1.807) is 24.3 Å². The van der Waals surface area contributed by atoms with Gasteiger partial charge in [0.25, 0.3) is 5.91 Å². The van der Waals surface area contributed by atoms with E-state index in [-0.39, 0.29) is 46.4 Å². The van der Waals surface area contributed by atoms with Crippen molar-refractivity contribution in [2.24, 2.45) is 5.41 Å². The van der Waals surface area contributed by atoms with Crippen molar-refractivity contribution in [2.75, 3.05) is 6.61 Å². The van der Waals surface area contributed by atoms with Gasteiger partial charge >= 0.3 is 0 Å². The number of ketones is 1. The summed E-state index contributed by atoms with van der Waals surface area (Å²) in [5, 5.41) is 13.8. The fourth-order valence-electron chi connectivity index (χ4n) is 4.66. The molecule has 3 aliphatic rings. The van der Waals surface area contributed by atoms with E-state index >= 15 is 0 Å². The Morgan fingerprint density at radius 1 is 1.13 bits per heavy atom. The third-order valence-electron chi connectivity index (χ3n) is 5.85. The first kappa shape index (κ1) is 21.1. The van der Waals surface area contributed by atoms with Gasteiger partial charge in [0.1, 0.15) is 17.7 Å². The van der Waals surface area contributed by atoms with E-state index in [1.165, 1.54) is 12.1 Å². The molecular formula is C22H20Cl2FNO4. The molecule has 2 bridgehead atoms. The molecule has 0 aliphatic heterocycles. The summed E-state index contributed by atoms with van der Waals surface area (Å²) >= 11 is 11.5. The van der Waals surface area contributed by atoms with Crippen LogP contribution in [0, 0.1) is 11.2 Å². The van der Waals surface area contributed by atoms with Crippen molar-refractivity contribution < 1.29 is 23.8 Å². The second-order valence-electron chi connectivity index (χ2n) is 8.32. The molecule has 0 saturated heterocycles. The molecule has 1 amide bonds. The maximum atomic E-state index is 13.4. The highest BCUT2D eigenvalue weighted by Crippen LogP contribution is 2.69. The molecule has 158 valence electrons. The molecule has 3 saturated carbocycles. The summed E-state index contributed by atoms with van der Waals surface area (Å²) < 4.78 is 18.7. The molecule has 30 heavy (non-hydrogen) atoms. The van der Waals surface area contributed by atoms with Gasteiger partial charge in [-0.3, -0.25) is 9.59 Å². The quantitative estimate of drug-likeness (QED) is 0.628. The minimum Gasteiger partial charge on any atom is -0.484 e. The molecule has 0 unspecified atom stereocenters. The van der Waals surface area contributed by atoms with E-state index in [2.05, 4.69) is 5.32 Å². The minimum atomic E-state index is -1.17. The van der Waals surface area contributed by atoms with Gasteiger partial charge in [-0.05, 0) is 54.5 Å². The van der Waals surface area contributed by atoms with Crippen LogP contribution in [0.15, 0.2) is 42.5 Å². The smallest absolute Gasteiger partial charge is 0.258 e. The molecule has 0 aromatic heterocycles. The summed E-state index contributed by atoms with van der Waals surface area (Å²) in [4.78, 5) is 24.6. The number of halogens is 3. The zero-order valence-electron chi connectivity index (χ0n) is 16.0. The first-order valence-corrected chi connectivity index (χ1v) is 10.3. The van der Waals surface area contributed by atoms with Crippen LogP contribution in [0.3, 0.4) is 0 Å². The number of ether oxygens (including phenoxy) is 1. The maximum Gasteiger partial charge on any atom is 0.258 e. The fraction of sp³-hybridized carbons (Fsp3) is 0.364. The number of carbonyl (C=O) groups is 2. The van der Waals surface area contributed by atoms with Gasteiger partial charge in [0, 0.05) is 23.0 Å².